The molecule has 2 N–H and O–H groups in total. The Kier molecular flexibility index (Phi) is 16.2. The molecule has 0 spiro atoms. The molecule has 2 aromatic heterocycles. The number of aromatic hydroxyl groups is 2. The van der Waals surface area contributed by atoms with Crippen molar-refractivity contribution in [3.05, 3.63) is 267 Å². The van der Waals surface area contributed by atoms with Crippen molar-refractivity contribution in [3.8, 4) is 56.6 Å². The zero-order valence-electron chi connectivity index (χ0n) is 41.5. The average molecular weight is 1030 g/mol. The third-order valence-electron chi connectivity index (χ3n) is 12.6. The molecule has 0 radical (unpaired) electrons. The number of benzene rings is 10. The van der Waals surface area contributed by atoms with Crippen molar-refractivity contribution in [1.29, 1.82) is 0 Å². The maximum Gasteiger partial charge on any atom is 2.00 e. The van der Waals surface area contributed by atoms with Crippen molar-refractivity contribution in [1.82, 2.24) is 9.13 Å². The molecule has 0 saturated heterocycles. The fourth-order valence-electron chi connectivity index (χ4n) is 9.33. The molecule has 0 bridgehead atoms. The van der Waals surface area contributed by atoms with Crippen LogP contribution >= 0.6 is 0 Å². The Morgan fingerprint density at radius 2 is 0.616 bits per heavy atom. The maximum atomic E-state index is 11.4. The van der Waals surface area contributed by atoms with Crippen molar-refractivity contribution < 1.29 is 45.9 Å². The Labute approximate surface area is 447 Å². The minimum atomic E-state index is 0. The Balaban J connectivity index is 0.000000152. The smallest absolute Gasteiger partial charge is 0.505 e. The normalized spacial score (nSPS) is 10.6. The third-order valence-corrected chi connectivity index (χ3v) is 12.6. The topological polar surface area (TPSA) is 68.8 Å². The summed E-state index contributed by atoms with van der Waals surface area (Å²) in [6, 6.07) is 76.6. The number of phenols is 2. The number of phenolic OH excluding ortho intramolecular Hbond substituents is 2. The Hall–Kier alpha value is -8.38. The predicted octanol–water partition coefficient (Wildman–Crippen LogP) is 16.7. The van der Waals surface area contributed by atoms with Gasteiger partial charge in [0.1, 0.15) is 23.0 Å². The van der Waals surface area contributed by atoms with E-state index in [1.165, 1.54) is 21.5 Å². The van der Waals surface area contributed by atoms with E-state index < -0.39 is 0 Å². The van der Waals surface area contributed by atoms with Gasteiger partial charge in [-0.2, -0.15) is 49.2 Å². The van der Waals surface area contributed by atoms with Crippen molar-refractivity contribution in [2.75, 3.05) is 14.2 Å². The Morgan fingerprint density at radius 1 is 0.342 bits per heavy atom. The Morgan fingerprint density at radius 3 is 0.904 bits per heavy atom. The molecule has 0 atom stereocenters. The molecule has 12 aromatic rings. The molecule has 7 heteroatoms. The van der Waals surface area contributed by atoms with Crippen LogP contribution in [-0.2, 0) is 26.2 Å². The quantitative estimate of drug-likeness (QED) is 0.163. The summed E-state index contributed by atoms with van der Waals surface area (Å²) in [5.41, 5.74) is 13.4. The summed E-state index contributed by atoms with van der Waals surface area (Å²) in [5, 5.41) is 27.5. The van der Waals surface area contributed by atoms with Crippen LogP contribution < -0.4 is 9.47 Å². The van der Waals surface area contributed by atoms with E-state index >= 15 is 0 Å². The number of nitrogens with zero attached hydrogens (tertiary/aromatic N) is 2. The van der Waals surface area contributed by atoms with Crippen LogP contribution in [0.15, 0.2) is 231 Å². The minimum Gasteiger partial charge on any atom is -0.505 e. The first-order valence-electron chi connectivity index (χ1n) is 23.8. The molecule has 12 rings (SSSR count). The first-order valence-corrected chi connectivity index (χ1v) is 23.8. The zero-order chi connectivity index (χ0) is 50.1. The van der Waals surface area contributed by atoms with Crippen LogP contribution in [0.1, 0.15) is 22.3 Å². The van der Waals surface area contributed by atoms with Crippen LogP contribution in [0.5, 0.6) is 23.0 Å². The van der Waals surface area contributed by atoms with Crippen LogP contribution in [-0.4, -0.2) is 33.6 Å². The standard InChI is InChI=1S/2C26H21NO2.2C7H7.Zr/c2*1-17-15-21(20-11-5-8-14-25(20)29-2)26(28)24(16-17)27-22-12-6-3-9-18(22)19-10-4-7-13-23(19)27;2*1-7-5-3-2-4-6-7;/h2*3-16,28H,1-2H3;2*2-6H,1H2;/q;;2*-1;+2. The molecule has 6 nitrogen and oxygen atoms in total. The van der Waals surface area contributed by atoms with Gasteiger partial charge in [-0.3, -0.25) is 0 Å². The number of aryl methyl sites for hydroxylation is 2. The molecule has 0 amide bonds. The van der Waals surface area contributed by atoms with Crippen LogP contribution in [0.4, 0.5) is 0 Å². The van der Waals surface area contributed by atoms with E-state index in [1.54, 1.807) is 14.2 Å². The first-order chi connectivity index (χ1) is 35.2. The summed E-state index contributed by atoms with van der Waals surface area (Å²) in [4.78, 5) is 0. The maximum absolute atomic E-state index is 11.4. The van der Waals surface area contributed by atoms with Crippen molar-refractivity contribution >= 4 is 43.6 Å². The fraction of sp³-hybridized carbons (Fsp3) is 0.0606. The summed E-state index contributed by atoms with van der Waals surface area (Å²) in [7, 11) is 3.30. The Bertz CT molecular complexity index is 3450. The number of fused-ring (bicyclic) bond motifs is 6. The molecule has 73 heavy (non-hydrogen) atoms. The van der Waals surface area contributed by atoms with Crippen LogP contribution in [0.3, 0.4) is 0 Å². The van der Waals surface area contributed by atoms with Gasteiger partial charge in [0.15, 0.2) is 0 Å². The van der Waals surface area contributed by atoms with Crippen LogP contribution in [0.25, 0.3) is 77.2 Å². The van der Waals surface area contributed by atoms with Crippen molar-refractivity contribution in [2.24, 2.45) is 0 Å². The summed E-state index contributed by atoms with van der Waals surface area (Å²) in [5.74, 6) is 1.96. The van der Waals surface area contributed by atoms with Gasteiger partial charge in [0.05, 0.1) is 47.7 Å². The number of hydrogen-bond donors (Lipinski definition) is 2. The number of aromatic nitrogens is 2. The number of para-hydroxylation sites is 6. The van der Waals surface area contributed by atoms with Gasteiger partial charge in [0.25, 0.3) is 0 Å². The van der Waals surface area contributed by atoms with Gasteiger partial charge in [-0.15, -0.1) is 24.3 Å². The molecule has 0 fully saturated rings. The second-order valence-corrected chi connectivity index (χ2v) is 17.5. The van der Waals surface area contributed by atoms with E-state index in [0.717, 1.165) is 89.4 Å². The summed E-state index contributed by atoms with van der Waals surface area (Å²) in [6.45, 7) is 11.5. The number of rotatable bonds is 6. The van der Waals surface area contributed by atoms with Gasteiger partial charge in [-0.25, -0.2) is 0 Å². The monoisotopic (exact) mass is 1030 g/mol. The average Bonchev–Trinajstić information content (AvgIpc) is 3.94. The first kappa shape index (κ1) is 51.0. The second-order valence-electron chi connectivity index (χ2n) is 17.5. The molecule has 0 unspecified atom stereocenters. The fourth-order valence-corrected chi connectivity index (χ4v) is 9.33. The molecule has 0 aliphatic heterocycles. The molecular formula is C66H56N2O4Zr. The van der Waals surface area contributed by atoms with E-state index in [-0.39, 0.29) is 37.7 Å². The van der Waals surface area contributed by atoms with Gasteiger partial charge >= 0.3 is 26.2 Å². The largest absolute Gasteiger partial charge is 2.00 e. The summed E-state index contributed by atoms with van der Waals surface area (Å²) >= 11 is 0. The van der Waals surface area contributed by atoms with Crippen LogP contribution in [0, 0.1) is 27.7 Å². The van der Waals surface area contributed by atoms with Crippen molar-refractivity contribution in [3.63, 3.8) is 0 Å². The number of methoxy groups -OCH3 is 2. The van der Waals surface area contributed by atoms with E-state index in [1.807, 2.05) is 158 Å². The number of ether oxygens (including phenoxy) is 2. The molecule has 0 saturated carbocycles. The van der Waals surface area contributed by atoms with Gasteiger partial charge < -0.3 is 28.8 Å². The van der Waals surface area contributed by atoms with Crippen LogP contribution in [0.2, 0.25) is 0 Å². The van der Waals surface area contributed by atoms with E-state index in [2.05, 4.69) is 110 Å². The predicted molar refractivity (Wildman–Crippen MR) is 300 cm³/mol. The van der Waals surface area contributed by atoms with E-state index in [0.29, 0.717) is 0 Å². The van der Waals surface area contributed by atoms with E-state index in [4.69, 9.17) is 9.47 Å². The van der Waals surface area contributed by atoms with Crippen molar-refractivity contribution in [2.45, 2.75) is 13.8 Å². The van der Waals surface area contributed by atoms with E-state index in [9.17, 15) is 10.2 Å². The summed E-state index contributed by atoms with van der Waals surface area (Å²) < 4.78 is 15.4. The van der Waals surface area contributed by atoms with Gasteiger partial charge in [0.2, 0.25) is 0 Å². The molecule has 2 heterocycles. The molecule has 0 aliphatic carbocycles. The summed E-state index contributed by atoms with van der Waals surface area (Å²) in [6.07, 6.45) is 0. The molecule has 10 aromatic carbocycles. The van der Waals surface area contributed by atoms with Gasteiger partial charge in [0, 0.05) is 43.8 Å². The zero-order valence-corrected chi connectivity index (χ0v) is 43.9. The minimum absolute atomic E-state index is 0. The SMILES string of the molecule is COc1ccccc1-c1cc(C)cc(-n2c3ccccc3c3ccccc32)c1O.COc1ccccc1-c1cc(C)cc(-n2c3ccccc3c3ccccc32)c1O.[CH2-]c1ccccc1.[CH2-]c1ccccc1.[Zr+2]. The van der Waals surface area contributed by atoms with Gasteiger partial charge in [-0.1, -0.05) is 121 Å². The second kappa shape index (κ2) is 23.2. The molecular weight excluding hydrogens is 976 g/mol. The molecule has 0 aliphatic rings. The van der Waals surface area contributed by atoms with Gasteiger partial charge in [-0.05, 0) is 85.6 Å². The third kappa shape index (κ3) is 10.8. The number of hydrogen-bond acceptors (Lipinski definition) is 4. The molecule has 358 valence electrons.